The van der Waals surface area contributed by atoms with Crippen LogP contribution in [-0.2, 0) is 23.1 Å². The van der Waals surface area contributed by atoms with Crippen LogP contribution in [0.15, 0.2) is 57.9 Å². The molecule has 2 aromatic carbocycles. The molecule has 1 heterocycles. The highest BCUT2D eigenvalue weighted by Crippen LogP contribution is 2.27. The Morgan fingerprint density at radius 2 is 1.81 bits per heavy atom. The van der Waals surface area contributed by atoms with Gasteiger partial charge in [0.05, 0.1) is 21.8 Å². The van der Waals surface area contributed by atoms with Gasteiger partial charge in [-0.05, 0) is 68.1 Å². The third-order valence-corrected chi connectivity index (χ3v) is 6.92. The van der Waals surface area contributed by atoms with E-state index in [1.165, 1.54) is 4.31 Å². The lowest BCUT2D eigenvalue weighted by molar-refractivity contribution is 0.301. The van der Waals surface area contributed by atoms with E-state index in [1.54, 1.807) is 24.3 Å². The van der Waals surface area contributed by atoms with Crippen molar-refractivity contribution in [2.24, 2.45) is 5.92 Å². The summed E-state index contributed by atoms with van der Waals surface area (Å²) in [5.74, 6) is 1.48. The van der Waals surface area contributed by atoms with Crippen molar-refractivity contribution >= 4 is 15.7 Å². The number of aromatic nitrogens is 1. The van der Waals surface area contributed by atoms with Gasteiger partial charge in [-0.25, -0.2) is 8.42 Å². The maximum absolute atomic E-state index is 13.5. The van der Waals surface area contributed by atoms with Gasteiger partial charge in [-0.15, -0.1) is 0 Å². The molecule has 0 N–H and O–H groups in total. The second-order valence-electron chi connectivity index (χ2n) is 8.02. The van der Waals surface area contributed by atoms with Crippen molar-refractivity contribution in [1.29, 1.82) is 0 Å². The summed E-state index contributed by atoms with van der Waals surface area (Å²) < 4.78 is 39.4. The Hall–Kier alpha value is -2.80. The van der Waals surface area contributed by atoms with Crippen LogP contribution < -0.4 is 9.04 Å². The number of anilines is 1. The topological polar surface area (TPSA) is 72.6 Å². The Labute approximate surface area is 184 Å². The minimum Gasteiger partial charge on any atom is -0.489 e. The molecule has 3 rings (SSSR count). The van der Waals surface area contributed by atoms with E-state index in [0.29, 0.717) is 24.6 Å². The summed E-state index contributed by atoms with van der Waals surface area (Å²) in [4.78, 5) is 0.236. The Kier molecular flexibility index (Phi) is 7.05. The molecule has 6 nitrogen and oxygen atoms in total. The lowest BCUT2D eigenvalue weighted by atomic mass is 10.1. The first-order valence-corrected chi connectivity index (χ1v) is 11.9. The largest absolute Gasteiger partial charge is 0.489 e. The molecule has 0 radical (unpaired) electrons. The normalized spacial score (nSPS) is 11.7. The van der Waals surface area contributed by atoms with E-state index in [9.17, 15) is 8.42 Å². The van der Waals surface area contributed by atoms with Gasteiger partial charge in [0.1, 0.15) is 18.1 Å². The fourth-order valence-corrected chi connectivity index (χ4v) is 4.92. The molecule has 0 unspecified atom stereocenters. The van der Waals surface area contributed by atoms with E-state index in [0.717, 1.165) is 29.0 Å². The number of ether oxygens (including phenoxy) is 1. The van der Waals surface area contributed by atoms with Crippen LogP contribution in [0.5, 0.6) is 5.75 Å². The Bertz CT molecular complexity index is 1100. The first-order chi connectivity index (χ1) is 14.7. The molecular formula is C24H30N2O4S. The van der Waals surface area contributed by atoms with Crippen LogP contribution in [0, 0.1) is 19.8 Å². The van der Waals surface area contributed by atoms with Gasteiger partial charge in [0, 0.05) is 6.54 Å². The van der Waals surface area contributed by atoms with Gasteiger partial charge >= 0.3 is 0 Å². The first-order valence-electron chi connectivity index (χ1n) is 10.5. The molecule has 0 fully saturated rings. The molecule has 1 aromatic heterocycles. The summed E-state index contributed by atoms with van der Waals surface area (Å²) in [5, 5.41) is 3.92. The Morgan fingerprint density at radius 3 is 2.39 bits per heavy atom. The SMILES string of the molecule is CCc1cccc(N(CC(C)C)S(=O)(=O)c2ccc(OCc3c(C)noc3C)cc2)c1. The van der Waals surface area contributed by atoms with Crippen molar-refractivity contribution in [2.45, 2.75) is 52.5 Å². The highest BCUT2D eigenvalue weighted by Gasteiger charge is 2.26. The number of hydrogen-bond acceptors (Lipinski definition) is 5. The van der Waals surface area contributed by atoms with Crippen molar-refractivity contribution in [3.63, 3.8) is 0 Å². The molecule has 31 heavy (non-hydrogen) atoms. The maximum atomic E-state index is 13.5. The molecule has 3 aromatic rings. The molecule has 166 valence electrons. The second-order valence-corrected chi connectivity index (χ2v) is 9.88. The number of hydrogen-bond donors (Lipinski definition) is 0. The van der Waals surface area contributed by atoms with Crippen molar-refractivity contribution in [2.75, 3.05) is 10.8 Å². The Morgan fingerprint density at radius 1 is 1.10 bits per heavy atom. The molecule has 0 saturated heterocycles. The van der Waals surface area contributed by atoms with Crippen molar-refractivity contribution in [3.8, 4) is 5.75 Å². The zero-order chi connectivity index (χ0) is 22.6. The van der Waals surface area contributed by atoms with E-state index in [1.807, 2.05) is 52.0 Å². The van der Waals surface area contributed by atoms with Crippen LogP contribution in [0.25, 0.3) is 0 Å². The third-order valence-electron chi connectivity index (χ3n) is 5.11. The first kappa shape index (κ1) is 22.9. The van der Waals surface area contributed by atoms with Crippen LogP contribution in [-0.4, -0.2) is 20.1 Å². The van der Waals surface area contributed by atoms with Crippen LogP contribution >= 0.6 is 0 Å². The summed E-state index contributed by atoms with van der Waals surface area (Å²) in [6, 6.07) is 14.3. The zero-order valence-electron chi connectivity index (χ0n) is 18.8. The van der Waals surface area contributed by atoms with E-state index < -0.39 is 10.0 Å². The van der Waals surface area contributed by atoms with Crippen molar-refractivity contribution in [1.82, 2.24) is 5.16 Å². The predicted molar refractivity (Wildman–Crippen MR) is 122 cm³/mol. The maximum Gasteiger partial charge on any atom is 0.264 e. The summed E-state index contributed by atoms with van der Waals surface area (Å²) in [7, 11) is -3.71. The number of rotatable bonds is 9. The quantitative estimate of drug-likeness (QED) is 0.450. The molecule has 0 spiro atoms. The summed E-state index contributed by atoms with van der Waals surface area (Å²) in [6.07, 6.45) is 0.848. The van der Waals surface area contributed by atoms with Gasteiger partial charge in [0.2, 0.25) is 0 Å². The Balaban J connectivity index is 1.84. The van der Waals surface area contributed by atoms with Crippen molar-refractivity contribution in [3.05, 3.63) is 71.1 Å². The lowest BCUT2D eigenvalue weighted by Gasteiger charge is -2.26. The van der Waals surface area contributed by atoms with Gasteiger partial charge in [-0.3, -0.25) is 4.31 Å². The van der Waals surface area contributed by atoms with E-state index in [2.05, 4.69) is 12.1 Å². The molecule has 0 saturated carbocycles. The fourth-order valence-electron chi connectivity index (χ4n) is 3.30. The number of sulfonamides is 1. The highest BCUT2D eigenvalue weighted by molar-refractivity contribution is 7.92. The zero-order valence-corrected chi connectivity index (χ0v) is 19.6. The standard InChI is InChI=1S/C24H30N2O4S/c1-6-20-8-7-9-21(14-20)26(15-17(2)3)31(27,28)23-12-10-22(11-13-23)29-16-24-18(4)25-30-19(24)5/h7-14,17H,6,15-16H2,1-5H3. The van der Waals surface area contributed by atoms with E-state index in [-0.39, 0.29) is 10.8 Å². The van der Waals surface area contributed by atoms with Gasteiger partial charge in [-0.2, -0.15) is 0 Å². The number of nitrogens with zero attached hydrogens (tertiary/aromatic N) is 2. The summed E-state index contributed by atoms with van der Waals surface area (Å²) in [5.41, 5.74) is 3.47. The molecule has 0 aliphatic rings. The average Bonchev–Trinajstić information content (AvgIpc) is 3.08. The summed E-state index contributed by atoms with van der Waals surface area (Å²) in [6.45, 7) is 10.5. The summed E-state index contributed by atoms with van der Waals surface area (Å²) >= 11 is 0. The van der Waals surface area contributed by atoms with Gasteiger partial charge in [0.25, 0.3) is 10.0 Å². The monoisotopic (exact) mass is 442 g/mol. The van der Waals surface area contributed by atoms with Gasteiger partial charge in [0.15, 0.2) is 0 Å². The molecule has 0 aliphatic heterocycles. The van der Waals surface area contributed by atoms with Gasteiger partial charge in [-0.1, -0.05) is 38.1 Å². The van der Waals surface area contributed by atoms with Crippen LogP contribution in [0.1, 0.15) is 43.4 Å². The van der Waals surface area contributed by atoms with Crippen LogP contribution in [0.3, 0.4) is 0 Å². The van der Waals surface area contributed by atoms with Crippen LogP contribution in [0.4, 0.5) is 5.69 Å². The van der Waals surface area contributed by atoms with Crippen molar-refractivity contribution < 1.29 is 17.7 Å². The third kappa shape index (κ3) is 5.28. The van der Waals surface area contributed by atoms with E-state index in [4.69, 9.17) is 9.26 Å². The number of aryl methyl sites for hydroxylation is 3. The molecule has 0 amide bonds. The minimum absolute atomic E-state index is 0.178. The molecule has 0 bridgehead atoms. The smallest absolute Gasteiger partial charge is 0.264 e. The lowest BCUT2D eigenvalue weighted by Crippen LogP contribution is -2.34. The van der Waals surface area contributed by atoms with Crippen LogP contribution in [0.2, 0.25) is 0 Å². The van der Waals surface area contributed by atoms with Gasteiger partial charge < -0.3 is 9.26 Å². The number of benzene rings is 2. The molecule has 0 aliphatic carbocycles. The highest BCUT2D eigenvalue weighted by atomic mass is 32.2. The predicted octanol–water partition coefficient (Wildman–Crippen LogP) is 5.28. The average molecular weight is 443 g/mol. The molecule has 7 heteroatoms. The minimum atomic E-state index is -3.71. The molecular weight excluding hydrogens is 412 g/mol. The second kappa shape index (κ2) is 9.56. The molecule has 0 atom stereocenters. The fraction of sp³-hybridized carbons (Fsp3) is 0.375. The van der Waals surface area contributed by atoms with E-state index >= 15 is 0 Å².